The second-order valence-electron chi connectivity index (χ2n) is 9.42. The molecule has 3 aliphatic carbocycles. The van der Waals surface area contributed by atoms with Gasteiger partial charge in [0.25, 0.3) is 5.91 Å². The highest BCUT2D eigenvalue weighted by atomic mass is 35.5. The molecule has 31 heavy (non-hydrogen) atoms. The fourth-order valence-corrected chi connectivity index (χ4v) is 5.44. The zero-order chi connectivity index (χ0) is 22.1. The highest BCUT2D eigenvalue weighted by Gasteiger charge is 2.47. The average Bonchev–Trinajstić information content (AvgIpc) is 2.67. The van der Waals surface area contributed by atoms with Crippen LogP contribution in [0.4, 0.5) is 4.39 Å². The van der Waals surface area contributed by atoms with E-state index in [0.717, 1.165) is 32.1 Å². The fourth-order valence-electron chi connectivity index (χ4n) is 5.32. The summed E-state index contributed by atoms with van der Waals surface area (Å²) in [4.78, 5) is 25.3. The van der Waals surface area contributed by atoms with Crippen molar-refractivity contribution in [2.45, 2.75) is 70.1 Å². The molecular weight excluding hydrogens is 421 g/mol. The number of carbonyl (C=O) groups excluding carboxylic acids is 2. The summed E-state index contributed by atoms with van der Waals surface area (Å²) in [5.41, 5.74) is 0. The lowest BCUT2D eigenvalue weighted by Gasteiger charge is -2.51. The summed E-state index contributed by atoms with van der Waals surface area (Å²) in [5, 5.41) is 9.82. The van der Waals surface area contributed by atoms with Gasteiger partial charge in [-0.05, 0) is 69.9 Å². The number of hydrogen-bond acceptors (Lipinski definition) is 4. The third kappa shape index (κ3) is 5.14. The van der Waals surface area contributed by atoms with E-state index in [0.29, 0.717) is 17.9 Å². The lowest BCUT2D eigenvalue weighted by atomic mass is 9.60. The van der Waals surface area contributed by atoms with Crippen molar-refractivity contribution in [2.24, 2.45) is 17.8 Å². The highest BCUT2D eigenvalue weighted by Crippen LogP contribution is 2.46. The van der Waals surface area contributed by atoms with Crippen molar-refractivity contribution in [1.29, 1.82) is 0 Å². The summed E-state index contributed by atoms with van der Waals surface area (Å²) in [5.74, 6) is 0.514. The Morgan fingerprint density at radius 2 is 1.84 bits per heavy atom. The first-order valence-electron chi connectivity index (χ1n) is 11.2. The predicted molar refractivity (Wildman–Crippen MR) is 116 cm³/mol. The molecule has 5 rings (SSSR count). The maximum Gasteiger partial charge on any atom is 0.258 e. The first-order valence-corrected chi connectivity index (χ1v) is 11.6. The standard InChI is InChI=1S/C23H31ClFN3O3/c1-12-3-5-17(13(2)26-12)23(30)28-21-10-20(14-7-15(21)8-14)27-22(29)11-31-16-4-6-18(24)19(25)9-16/h4,6,9,12-15,17,20-21,26H,3,5,7-8,10-11H2,1-2H3,(H,27,29)(H,28,30)/t12?,13?,14?,15?,17?,20?,21-/m1/s1. The molecule has 4 unspecified atom stereocenters. The Hall–Kier alpha value is -1.86. The molecule has 5 atom stereocenters. The molecule has 1 aromatic rings. The van der Waals surface area contributed by atoms with Crippen LogP contribution in [0.3, 0.4) is 0 Å². The van der Waals surface area contributed by atoms with E-state index in [1.54, 1.807) is 0 Å². The van der Waals surface area contributed by atoms with Gasteiger partial charge in [0.2, 0.25) is 5.91 Å². The van der Waals surface area contributed by atoms with Gasteiger partial charge in [-0.15, -0.1) is 0 Å². The minimum Gasteiger partial charge on any atom is -0.484 e. The van der Waals surface area contributed by atoms with Crippen molar-refractivity contribution in [3.63, 3.8) is 0 Å². The Labute approximate surface area is 187 Å². The van der Waals surface area contributed by atoms with Crippen molar-refractivity contribution < 1.29 is 18.7 Å². The van der Waals surface area contributed by atoms with E-state index >= 15 is 0 Å². The van der Waals surface area contributed by atoms with Crippen LogP contribution in [0.1, 0.15) is 46.0 Å². The van der Waals surface area contributed by atoms with Crippen molar-refractivity contribution in [3.8, 4) is 5.75 Å². The normalized spacial score (nSPS) is 34.4. The minimum absolute atomic E-state index is 0.00443. The van der Waals surface area contributed by atoms with E-state index < -0.39 is 5.82 Å². The van der Waals surface area contributed by atoms with Crippen molar-refractivity contribution in [2.75, 3.05) is 6.61 Å². The van der Waals surface area contributed by atoms with E-state index in [4.69, 9.17) is 16.3 Å². The third-order valence-corrected chi connectivity index (χ3v) is 7.50. The Balaban J connectivity index is 1.26. The largest absolute Gasteiger partial charge is 0.484 e. The topological polar surface area (TPSA) is 79.5 Å². The Morgan fingerprint density at radius 1 is 1.13 bits per heavy atom. The first kappa shape index (κ1) is 22.3. The molecule has 1 heterocycles. The Morgan fingerprint density at radius 3 is 2.52 bits per heavy atom. The smallest absolute Gasteiger partial charge is 0.258 e. The maximum atomic E-state index is 13.5. The van der Waals surface area contributed by atoms with Crippen LogP contribution in [0.25, 0.3) is 0 Å². The molecule has 4 fully saturated rings. The van der Waals surface area contributed by atoms with Crippen LogP contribution < -0.4 is 20.7 Å². The van der Waals surface area contributed by atoms with Crippen molar-refractivity contribution >= 4 is 23.4 Å². The van der Waals surface area contributed by atoms with Crippen LogP contribution >= 0.6 is 11.6 Å². The van der Waals surface area contributed by atoms with Gasteiger partial charge in [-0.25, -0.2) is 4.39 Å². The van der Waals surface area contributed by atoms with Crippen molar-refractivity contribution in [1.82, 2.24) is 16.0 Å². The minimum atomic E-state index is -0.581. The van der Waals surface area contributed by atoms with Crippen LogP contribution in [0, 0.1) is 23.6 Å². The van der Waals surface area contributed by atoms with Gasteiger partial charge in [-0.2, -0.15) is 0 Å². The first-order chi connectivity index (χ1) is 14.8. The van der Waals surface area contributed by atoms with Gasteiger partial charge in [0.15, 0.2) is 6.61 Å². The monoisotopic (exact) mass is 451 g/mol. The van der Waals surface area contributed by atoms with Crippen LogP contribution in [0.2, 0.25) is 5.02 Å². The van der Waals surface area contributed by atoms with Gasteiger partial charge in [-0.1, -0.05) is 11.6 Å². The van der Waals surface area contributed by atoms with E-state index in [1.807, 2.05) is 0 Å². The molecule has 1 aromatic carbocycles. The summed E-state index contributed by atoms with van der Waals surface area (Å²) in [7, 11) is 0. The number of ether oxygens (including phenoxy) is 1. The molecule has 2 bridgehead atoms. The average molecular weight is 452 g/mol. The number of benzene rings is 1. The number of halogens is 2. The second-order valence-corrected chi connectivity index (χ2v) is 9.83. The molecule has 3 N–H and O–H groups in total. The lowest BCUT2D eigenvalue weighted by molar-refractivity contribution is -0.130. The summed E-state index contributed by atoms with van der Waals surface area (Å²) in [6.45, 7) is 4.05. The third-order valence-electron chi connectivity index (χ3n) is 7.19. The number of amides is 2. The second kappa shape index (κ2) is 9.33. The predicted octanol–water partition coefficient (Wildman–Crippen LogP) is 3.03. The van der Waals surface area contributed by atoms with Gasteiger partial charge in [0, 0.05) is 30.2 Å². The number of carbonyl (C=O) groups is 2. The molecule has 170 valence electrons. The molecule has 6 nitrogen and oxygen atoms in total. The molecule has 4 aliphatic rings. The van der Waals surface area contributed by atoms with E-state index in [2.05, 4.69) is 29.8 Å². The molecule has 0 radical (unpaired) electrons. The van der Waals surface area contributed by atoms with E-state index in [-0.39, 0.29) is 53.2 Å². The van der Waals surface area contributed by atoms with Crippen LogP contribution in [0.15, 0.2) is 18.2 Å². The molecule has 0 aromatic heterocycles. The van der Waals surface area contributed by atoms with Gasteiger partial charge < -0.3 is 20.7 Å². The number of piperidine rings is 1. The lowest BCUT2D eigenvalue weighted by Crippen LogP contribution is -2.61. The Kier molecular flexibility index (Phi) is 6.72. The number of fused-ring (bicyclic) bond motifs is 2. The van der Waals surface area contributed by atoms with Gasteiger partial charge in [0.1, 0.15) is 11.6 Å². The van der Waals surface area contributed by atoms with Gasteiger partial charge in [0.05, 0.1) is 10.9 Å². The number of hydrogen-bond donors (Lipinski definition) is 3. The molecule has 1 aliphatic heterocycles. The summed E-state index contributed by atoms with van der Waals surface area (Å²) in [6.07, 6.45) is 4.70. The number of nitrogens with one attached hydrogen (secondary N) is 3. The molecular formula is C23H31ClFN3O3. The van der Waals surface area contributed by atoms with Gasteiger partial charge >= 0.3 is 0 Å². The zero-order valence-corrected chi connectivity index (χ0v) is 18.8. The molecule has 0 spiro atoms. The van der Waals surface area contributed by atoms with Crippen LogP contribution in [-0.4, -0.2) is 42.6 Å². The van der Waals surface area contributed by atoms with Gasteiger partial charge in [-0.3, -0.25) is 9.59 Å². The zero-order valence-electron chi connectivity index (χ0n) is 18.0. The van der Waals surface area contributed by atoms with E-state index in [1.165, 1.54) is 18.2 Å². The molecule has 3 saturated carbocycles. The van der Waals surface area contributed by atoms with Crippen molar-refractivity contribution in [3.05, 3.63) is 29.0 Å². The quantitative estimate of drug-likeness (QED) is 0.621. The molecule has 8 heteroatoms. The van der Waals surface area contributed by atoms with E-state index in [9.17, 15) is 14.0 Å². The molecule has 2 amide bonds. The maximum absolute atomic E-state index is 13.5. The number of rotatable bonds is 6. The summed E-state index contributed by atoms with van der Waals surface area (Å²) in [6, 6.07) is 4.84. The van der Waals surface area contributed by atoms with Crippen LogP contribution in [-0.2, 0) is 9.59 Å². The Bertz CT molecular complexity index is 832. The highest BCUT2D eigenvalue weighted by molar-refractivity contribution is 6.30. The SMILES string of the molecule is CC1CCC(C(=O)N[C@@H]2CC(NC(=O)COc3ccc(Cl)c(F)c3)C3CC2C3)C(C)N1. The molecule has 1 saturated heterocycles. The summed E-state index contributed by atoms with van der Waals surface area (Å²) >= 11 is 5.66. The van der Waals surface area contributed by atoms with Crippen LogP contribution in [0.5, 0.6) is 5.75 Å². The summed E-state index contributed by atoms with van der Waals surface area (Å²) < 4.78 is 18.9. The fraction of sp³-hybridized carbons (Fsp3) is 0.652.